The Morgan fingerprint density at radius 2 is 1.95 bits per heavy atom. The minimum Gasteiger partial charge on any atom is -0.393 e. The van der Waals surface area contributed by atoms with Crippen molar-refractivity contribution in [3.63, 3.8) is 0 Å². The maximum Gasteiger partial charge on any atom is 0.353 e. The van der Waals surface area contributed by atoms with Gasteiger partial charge in [-0.2, -0.15) is 0 Å². The SMILES string of the molecule is CCCNc1ncnc(NCCC(C)O)c1[N+](=O)[O-]. The number of nitro groups is 1. The van der Waals surface area contributed by atoms with Crippen molar-refractivity contribution in [1.29, 1.82) is 0 Å². The summed E-state index contributed by atoms with van der Waals surface area (Å²) in [4.78, 5) is 18.4. The third-order valence-electron chi connectivity index (χ3n) is 2.40. The molecule has 19 heavy (non-hydrogen) atoms. The van der Waals surface area contributed by atoms with Gasteiger partial charge in [0.05, 0.1) is 11.0 Å². The fourth-order valence-corrected chi connectivity index (χ4v) is 1.45. The summed E-state index contributed by atoms with van der Waals surface area (Å²) in [6.07, 6.45) is 2.13. The first-order valence-electron chi connectivity index (χ1n) is 6.21. The Balaban J connectivity index is 2.86. The van der Waals surface area contributed by atoms with Crippen LogP contribution in [0, 0.1) is 10.1 Å². The number of aliphatic hydroxyl groups excluding tert-OH is 1. The number of hydrogen-bond acceptors (Lipinski definition) is 7. The van der Waals surface area contributed by atoms with Crippen LogP contribution in [-0.4, -0.2) is 39.2 Å². The largest absolute Gasteiger partial charge is 0.393 e. The smallest absolute Gasteiger partial charge is 0.353 e. The predicted octanol–water partition coefficient (Wildman–Crippen LogP) is 1.39. The van der Waals surface area contributed by atoms with Crippen LogP contribution in [0.25, 0.3) is 0 Å². The van der Waals surface area contributed by atoms with E-state index in [4.69, 9.17) is 5.11 Å². The van der Waals surface area contributed by atoms with Crippen molar-refractivity contribution in [2.24, 2.45) is 0 Å². The van der Waals surface area contributed by atoms with Crippen molar-refractivity contribution in [2.75, 3.05) is 23.7 Å². The molecule has 1 aromatic rings. The summed E-state index contributed by atoms with van der Waals surface area (Å²) in [5.41, 5.74) is -0.165. The van der Waals surface area contributed by atoms with Gasteiger partial charge in [0.1, 0.15) is 6.33 Å². The van der Waals surface area contributed by atoms with Crippen molar-refractivity contribution in [3.05, 3.63) is 16.4 Å². The highest BCUT2D eigenvalue weighted by Crippen LogP contribution is 2.28. The fraction of sp³-hybridized carbons (Fsp3) is 0.636. The predicted molar refractivity (Wildman–Crippen MR) is 72.3 cm³/mol. The van der Waals surface area contributed by atoms with Gasteiger partial charge in [-0.15, -0.1) is 0 Å². The second-order valence-electron chi connectivity index (χ2n) is 4.17. The zero-order valence-electron chi connectivity index (χ0n) is 11.1. The Morgan fingerprint density at radius 1 is 1.37 bits per heavy atom. The van der Waals surface area contributed by atoms with E-state index in [1.165, 1.54) is 6.33 Å². The molecule has 1 heterocycles. The lowest BCUT2D eigenvalue weighted by atomic mass is 10.3. The van der Waals surface area contributed by atoms with Crippen molar-refractivity contribution in [2.45, 2.75) is 32.8 Å². The van der Waals surface area contributed by atoms with E-state index in [1.54, 1.807) is 6.92 Å². The van der Waals surface area contributed by atoms with Gasteiger partial charge < -0.3 is 15.7 Å². The number of nitrogens with zero attached hydrogens (tertiary/aromatic N) is 3. The van der Waals surface area contributed by atoms with E-state index in [-0.39, 0.29) is 17.3 Å². The first-order valence-corrected chi connectivity index (χ1v) is 6.21. The zero-order valence-corrected chi connectivity index (χ0v) is 11.1. The standard InChI is InChI=1S/C11H19N5O3/c1-3-5-12-10-9(16(18)19)11(15-7-14-10)13-6-4-8(2)17/h7-8,17H,3-6H2,1-2H3,(H2,12,13,14,15). The molecule has 1 aromatic heterocycles. The summed E-state index contributed by atoms with van der Waals surface area (Å²) in [6.45, 7) is 4.62. The quantitative estimate of drug-likeness (QED) is 0.482. The summed E-state index contributed by atoms with van der Waals surface area (Å²) in [7, 11) is 0. The number of anilines is 2. The van der Waals surface area contributed by atoms with Gasteiger partial charge in [0.15, 0.2) is 0 Å². The molecule has 0 radical (unpaired) electrons. The summed E-state index contributed by atoms with van der Waals surface area (Å²) < 4.78 is 0. The zero-order chi connectivity index (χ0) is 14.3. The van der Waals surface area contributed by atoms with Crippen LogP contribution in [0.4, 0.5) is 17.3 Å². The molecule has 0 aliphatic heterocycles. The minimum atomic E-state index is -0.511. The molecule has 106 valence electrons. The van der Waals surface area contributed by atoms with Gasteiger partial charge in [0, 0.05) is 13.1 Å². The van der Waals surface area contributed by atoms with Crippen LogP contribution in [0.2, 0.25) is 0 Å². The Kier molecular flexibility index (Phi) is 5.94. The van der Waals surface area contributed by atoms with Crippen molar-refractivity contribution in [3.8, 4) is 0 Å². The molecule has 0 spiro atoms. The minimum absolute atomic E-state index is 0.165. The molecule has 0 saturated carbocycles. The summed E-state index contributed by atoms with van der Waals surface area (Å²) in [5, 5.41) is 26.0. The lowest BCUT2D eigenvalue weighted by molar-refractivity contribution is -0.383. The molecule has 0 aliphatic rings. The number of rotatable bonds is 8. The Bertz CT molecular complexity index is 425. The number of hydrogen-bond donors (Lipinski definition) is 3. The van der Waals surface area contributed by atoms with Gasteiger partial charge in [-0.3, -0.25) is 10.1 Å². The summed E-state index contributed by atoms with van der Waals surface area (Å²) in [6, 6.07) is 0. The van der Waals surface area contributed by atoms with E-state index >= 15 is 0 Å². The highest BCUT2D eigenvalue weighted by molar-refractivity contribution is 5.69. The monoisotopic (exact) mass is 269 g/mol. The Morgan fingerprint density at radius 3 is 2.42 bits per heavy atom. The van der Waals surface area contributed by atoms with Crippen molar-refractivity contribution < 1.29 is 10.0 Å². The second kappa shape index (κ2) is 7.47. The normalized spacial score (nSPS) is 11.9. The van der Waals surface area contributed by atoms with Crippen LogP contribution >= 0.6 is 0 Å². The average Bonchev–Trinajstić information content (AvgIpc) is 2.35. The molecule has 8 nitrogen and oxygen atoms in total. The van der Waals surface area contributed by atoms with E-state index in [1.807, 2.05) is 6.92 Å². The Labute approximate surface area is 111 Å². The number of aromatic nitrogens is 2. The molecule has 0 fully saturated rings. The molecule has 0 aromatic carbocycles. The second-order valence-corrected chi connectivity index (χ2v) is 4.17. The first-order chi connectivity index (χ1) is 9.06. The van der Waals surface area contributed by atoms with Gasteiger partial charge in [-0.05, 0) is 19.8 Å². The van der Waals surface area contributed by atoms with Crippen LogP contribution in [0.3, 0.4) is 0 Å². The van der Waals surface area contributed by atoms with E-state index in [0.29, 0.717) is 19.5 Å². The van der Waals surface area contributed by atoms with E-state index in [0.717, 1.165) is 6.42 Å². The molecular formula is C11H19N5O3. The molecule has 3 N–H and O–H groups in total. The van der Waals surface area contributed by atoms with Gasteiger partial charge in [0.2, 0.25) is 11.6 Å². The average molecular weight is 269 g/mol. The van der Waals surface area contributed by atoms with Crippen LogP contribution in [0.1, 0.15) is 26.7 Å². The number of aliphatic hydroxyl groups is 1. The topological polar surface area (TPSA) is 113 Å². The van der Waals surface area contributed by atoms with E-state index in [2.05, 4.69) is 20.6 Å². The van der Waals surface area contributed by atoms with Gasteiger partial charge in [-0.1, -0.05) is 6.92 Å². The summed E-state index contributed by atoms with van der Waals surface area (Å²) in [5.74, 6) is 0.376. The molecule has 0 bridgehead atoms. The molecule has 1 unspecified atom stereocenters. The lowest BCUT2D eigenvalue weighted by Crippen LogP contribution is -2.13. The van der Waals surface area contributed by atoms with E-state index in [9.17, 15) is 10.1 Å². The lowest BCUT2D eigenvalue weighted by Gasteiger charge is -2.10. The molecular weight excluding hydrogens is 250 g/mol. The maximum atomic E-state index is 11.1. The Hall–Kier alpha value is -1.96. The highest BCUT2D eigenvalue weighted by atomic mass is 16.6. The third kappa shape index (κ3) is 4.66. The fourth-order valence-electron chi connectivity index (χ4n) is 1.45. The van der Waals surface area contributed by atoms with E-state index < -0.39 is 11.0 Å². The van der Waals surface area contributed by atoms with Crippen LogP contribution < -0.4 is 10.6 Å². The number of nitrogens with one attached hydrogen (secondary N) is 2. The molecule has 0 saturated heterocycles. The van der Waals surface area contributed by atoms with Gasteiger partial charge in [0.25, 0.3) is 0 Å². The molecule has 1 atom stereocenters. The van der Waals surface area contributed by atoms with Gasteiger partial charge >= 0.3 is 5.69 Å². The van der Waals surface area contributed by atoms with Crippen molar-refractivity contribution >= 4 is 17.3 Å². The summed E-state index contributed by atoms with van der Waals surface area (Å²) >= 11 is 0. The molecule has 0 aliphatic carbocycles. The van der Waals surface area contributed by atoms with Crippen LogP contribution in [0.15, 0.2) is 6.33 Å². The highest BCUT2D eigenvalue weighted by Gasteiger charge is 2.22. The maximum absolute atomic E-state index is 11.1. The molecule has 1 rings (SSSR count). The molecule has 8 heteroatoms. The third-order valence-corrected chi connectivity index (χ3v) is 2.40. The molecule has 0 amide bonds. The van der Waals surface area contributed by atoms with Crippen molar-refractivity contribution in [1.82, 2.24) is 9.97 Å². The van der Waals surface area contributed by atoms with Crippen LogP contribution in [0.5, 0.6) is 0 Å². The van der Waals surface area contributed by atoms with Gasteiger partial charge in [-0.25, -0.2) is 9.97 Å². The first kappa shape index (κ1) is 15.1. The van der Waals surface area contributed by atoms with Crippen LogP contribution in [-0.2, 0) is 0 Å².